The molecule has 2 atom stereocenters. The normalized spacial score (nSPS) is 19.7. The number of rotatable bonds is 8. The van der Waals surface area contributed by atoms with Gasteiger partial charge in [0.2, 0.25) is 0 Å². The van der Waals surface area contributed by atoms with Gasteiger partial charge in [-0.15, -0.1) is 24.0 Å². The van der Waals surface area contributed by atoms with Gasteiger partial charge < -0.3 is 15.4 Å². The van der Waals surface area contributed by atoms with Crippen LogP contribution in [0.4, 0.5) is 4.39 Å². The van der Waals surface area contributed by atoms with Gasteiger partial charge >= 0.3 is 0 Å². The first-order valence-corrected chi connectivity index (χ1v) is 8.12. The van der Waals surface area contributed by atoms with Gasteiger partial charge in [-0.2, -0.15) is 0 Å². The number of ether oxygens (including phenoxy) is 1. The van der Waals surface area contributed by atoms with Crippen molar-refractivity contribution in [3.8, 4) is 5.75 Å². The zero-order chi connectivity index (χ0) is 15.8. The van der Waals surface area contributed by atoms with Gasteiger partial charge in [0.1, 0.15) is 11.6 Å². The van der Waals surface area contributed by atoms with Crippen molar-refractivity contribution in [1.29, 1.82) is 0 Å². The summed E-state index contributed by atoms with van der Waals surface area (Å²) < 4.78 is 18.3. The first-order chi connectivity index (χ1) is 10.7. The lowest BCUT2D eigenvalue weighted by Gasteiger charge is -2.10. The van der Waals surface area contributed by atoms with Crippen LogP contribution in [0, 0.1) is 11.7 Å². The van der Waals surface area contributed by atoms with Crippen LogP contribution in [-0.2, 0) is 0 Å². The Morgan fingerprint density at radius 3 is 2.61 bits per heavy atom. The van der Waals surface area contributed by atoms with Crippen LogP contribution in [-0.4, -0.2) is 31.7 Å². The minimum atomic E-state index is -0.241. The van der Waals surface area contributed by atoms with Crippen LogP contribution in [0.5, 0.6) is 5.75 Å². The van der Waals surface area contributed by atoms with Crippen molar-refractivity contribution in [3.63, 3.8) is 0 Å². The predicted octanol–water partition coefficient (Wildman–Crippen LogP) is 3.57. The summed E-state index contributed by atoms with van der Waals surface area (Å²) in [6.07, 6.45) is 3.13. The highest BCUT2D eigenvalue weighted by molar-refractivity contribution is 14.0. The third-order valence-electron chi connectivity index (χ3n) is 3.68. The highest BCUT2D eigenvalue weighted by atomic mass is 127. The molecule has 0 heterocycles. The number of benzene rings is 1. The fourth-order valence-corrected chi connectivity index (χ4v) is 2.14. The van der Waals surface area contributed by atoms with E-state index in [0.29, 0.717) is 18.4 Å². The third kappa shape index (κ3) is 7.85. The zero-order valence-corrected chi connectivity index (χ0v) is 16.2. The molecular weight excluding hydrogens is 408 g/mol. The van der Waals surface area contributed by atoms with E-state index >= 15 is 0 Å². The first-order valence-electron chi connectivity index (χ1n) is 8.12. The molecule has 1 aliphatic rings. The molecule has 130 valence electrons. The number of hydrogen-bond donors (Lipinski definition) is 2. The smallest absolute Gasteiger partial charge is 0.191 e. The Morgan fingerprint density at radius 1 is 1.30 bits per heavy atom. The molecule has 23 heavy (non-hydrogen) atoms. The molecular formula is C17H27FIN3O. The van der Waals surface area contributed by atoms with Gasteiger partial charge in [-0.3, -0.25) is 4.99 Å². The molecule has 0 bridgehead atoms. The number of guanidine groups is 1. The Kier molecular flexibility index (Phi) is 9.28. The number of unbranched alkanes of at least 4 members (excludes halogenated alkanes) is 1. The molecule has 2 unspecified atom stereocenters. The van der Waals surface area contributed by atoms with E-state index in [9.17, 15) is 4.39 Å². The summed E-state index contributed by atoms with van der Waals surface area (Å²) in [6, 6.07) is 6.70. The summed E-state index contributed by atoms with van der Waals surface area (Å²) in [5.41, 5.74) is 0. The lowest BCUT2D eigenvalue weighted by atomic mass is 10.3. The highest BCUT2D eigenvalue weighted by Gasteiger charge is 2.33. The van der Waals surface area contributed by atoms with Crippen molar-refractivity contribution in [2.75, 3.05) is 19.7 Å². The third-order valence-corrected chi connectivity index (χ3v) is 3.68. The van der Waals surface area contributed by atoms with Gasteiger partial charge in [-0.25, -0.2) is 4.39 Å². The van der Waals surface area contributed by atoms with Crippen molar-refractivity contribution < 1.29 is 9.13 Å². The largest absolute Gasteiger partial charge is 0.494 e. The standard InChI is InChI=1S/C17H26FN3O.HI/c1-3-19-17(21-16-12-13(16)2)20-10-4-5-11-22-15-8-6-14(18)7-9-15;/h6-9,13,16H,3-5,10-12H2,1-2H3,(H2,19,20,21);1H. The maximum atomic E-state index is 12.8. The van der Waals surface area contributed by atoms with Crippen LogP contribution in [0.3, 0.4) is 0 Å². The Labute approximate surface area is 155 Å². The Morgan fingerprint density at radius 2 is 2.00 bits per heavy atom. The molecule has 1 aromatic carbocycles. The van der Waals surface area contributed by atoms with E-state index in [1.807, 2.05) is 0 Å². The lowest BCUT2D eigenvalue weighted by Crippen LogP contribution is -2.39. The Hall–Kier alpha value is -1.05. The highest BCUT2D eigenvalue weighted by Crippen LogP contribution is 2.28. The van der Waals surface area contributed by atoms with E-state index in [2.05, 4.69) is 29.5 Å². The molecule has 4 nitrogen and oxygen atoms in total. The summed E-state index contributed by atoms with van der Waals surface area (Å²) in [6.45, 7) is 6.60. The van der Waals surface area contributed by atoms with Crippen molar-refractivity contribution in [2.45, 2.75) is 39.2 Å². The molecule has 1 fully saturated rings. The second kappa shape index (κ2) is 10.7. The van der Waals surface area contributed by atoms with Gasteiger partial charge in [0.05, 0.1) is 6.61 Å². The van der Waals surface area contributed by atoms with Crippen LogP contribution >= 0.6 is 24.0 Å². The van der Waals surface area contributed by atoms with E-state index in [0.717, 1.165) is 37.8 Å². The number of halogens is 2. The fourth-order valence-electron chi connectivity index (χ4n) is 2.14. The number of hydrogen-bond acceptors (Lipinski definition) is 2. The molecule has 1 saturated carbocycles. The quantitative estimate of drug-likeness (QED) is 0.284. The topological polar surface area (TPSA) is 45.7 Å². The summed E-state index contributed by atoms with van der Waals surface area (Å²) >= 11 is 0. The van der Waals surface area contributed by atoms with E-state index in [1.54, 1.807) is 12.1 Å². The number of aliphatic imine (C=N–C) groups is 1. The van der Waals surface area contributed by atoms with Crippen molar-refractivity contribution in [2.24, 2.45) is 10.9 Å². The Bertz CT molecular complexity index is 481. The maximum Gasteiger partial charge on any atom is 0.191 e. The van der Waals surface area contributed by atoms with Crippen LogP contribution in [0.1, 0.15) is 33.1 Å². The number of nitrogens with one attached hydrogen (secondary N) is 2. The number of nitrogens with zero attached hydrogens (tertiary/aromatic N) is 1. The predicted molar refractivity (Wildman–Crippen MR) is 103 cm³/mol. The van der Waals surface area contributed by atoms with Gasteiger partial charge in [0.15, 0.2) is 5.96 Å². The minimum Gasteiger partial charge on any atom is -0.494 e. The van der Waals surface area contributed by atoms with Crippen LogP contribution < -0.4 is 15.4 Å². The van der Waals surface area contributed by atoms with E-state index in [-0.39, 0.29) is 29.8 Å². The van der Waals surface area contributed by atoms with Gasteiger partial charge in [0, 0.05) is 19.1 Å². The second-order valence-corrected chi connectivity index (χ2v) is 5.73. The summed E-state index contributed by atoms with van der Waals surface area (Å²) in [5, 5.41) is 6.70. The average Bonchev–Trinajstić information content (AvgIpc) is 3.20. The molecule has 6 heteroatoms. The van der Waals surface area contributed by atoms with E-state index in [1.165, 1.54) is 18.6 Å². The minimum absolute atomic E-state index is 0. The molecule has 0 amide bonds. The summed E-state index contributed by atoms with van der Waals surface area (Å²) in [5.74, 6) is 2.14. The van der Waals surface area contributed by atoms with Crippen molar-refractivity contribution in [1.82, 2.24) is 10.6 Å². The first kappa shape index (κ1) is 20.0. The van der Waals surface area contributed by atoms with E-state index in [4.69, 9.17) is 4.74 Å². The van der Waals surface area contributed by atoms with Gasteiger partial charge in [-0.05, 0) is 56.4 Å². The van der Waals surface area contributed by atoms with Crippen molar-refractivity contribution >= 4 is 29.9 Å². The monoisotopic (exact) mass is 435 g/mol. The fraction of sp³-hybridized carbons (Fsp3) is 0.588. The van der Waals surface area contributed by atoms with Crippen LogP contribution in [0.15, 0.2) is 29.3 Å². The molecule has 1 aromatic rings. The maximum absolute atomic E-state index is 12.8. The Balaban J connectivity index is 0.00000264. The lowest BCUT2D eigenvalue weighted by molar-refractivity contribution is 0.307. The van der Waals surface area contributed by atoms with Gasteiger partial charge in [-0.1, -0.05) is 6.92 Å². The van der Waals surface area contributed by atoms with Gasteiger partial charge in [0.25, 0.3) is 0 Å². The molecule has 0 aromatic heterocycles. The molecule has 0 radical (unpaired) electrons. The average molecular weight is 435 g/mol. The molecule has 0 saturated heterocycles. The molecule has 0 aliphatic heterocycles. The van der Waals surface area contributed by atoms with Crippen LogP contribution in [0.25, 0.3) is 0 Å². The molecule has 2 N–H and O–H groups in total. The molecule has 2 rings (SSSR count). The molecule has 1 aliphatic carbocycles. The van der Waals surface area contributed by atoms with Crippen molar-refractivity contribution in [3.05, 3.63) is 30.1 Å². The summed E-state index contributed by atoms with van der Waals surface area (Å²) in [7, 11) is 0. The van der Waals surface area contributed by atoms with E-state index < -0.39 is 0 Å². The second-order valence-electron chi connectivity index (χ2n) is 5.73. The SMILES string of the molecule is CCNC(=NCCCCOc1ccc(F)cc1)NC1CC1C.I. The zero-order valence-electron chi connectivity index (χ0n) is 13.8. The summed E-state index contributed by atoms with van der Waals surface area (Å²) in [4.78, 5) is 4.57. The molecule has 0 spiro atoms. The van der Waals surface area contributed by atoms with Crippen LogP contribution in [0.2, 0.25) is 0 Å².